The highest BCUT2D eigenvalue weighted by molar-refractivity contribution is 7.99. The molecule has 0 atom stereocenters. The molecule has 3 aliphatic rings. The fourth-order valence-electron chi connectivity index (χ4n) is 11.9. The van der Waals surface area contributed by atoms with Crippen LogP contribution in [-0.2, 0) is 10.8 Å². The first kappa shape index (κ1) is 37.0. The molecule has 0 saturated carbocycles. The highest BCUT2D eigenvalue weighted by Gasteiger charge is 2.51. The summed E-state index contributed by atoms with van der Waals surface area (Å²) in [5.41, 5.74) is 18.1. The van der Waals surface area contributed by atoms with E-state index in [0.29, 0.717) is 0 Å². The molecule has 0 radical (unpaired) electrons. The molecule has 2 aliphatic carbocycles. The van der Waals surface area contributed by atoms with Gasteiger partial charge in [0.15, 0.2) is 0 Å². The quantitative estimate of drug-likeness (QED) is 0.170. The normalized spacial score (nSPS) is 14.3. The van der Waals surface area contributed by atoms with Gasteiger partial charge in [0.1, 0.15) is 0 Å². The van der Waals surface area contributed by atoms with E-state index in [9.17, 15) is 0 Å². The van der Waals surface area contributed by atoms with Gasteiger partial charge in [-0.1, -0.05) is 194 Å². The van der Waals surface area contributed by atoms with E-state index >= 15 is 0 Å². The van der Waals surface area contributed by atoms with Gasteiger partial charge in [-0.3, -0.25) is 0 Å². The van der Waals surface area contributed by atoms with Crippen LogP contribution in [0.4, 0.5) is 17.1 Å². The lowest BCUT2D eigenvalue weighted by Gasteiger charge is -2.40. The fraction of sp³-hybridized carbons (Fsp3) is 0.0323. The summed E-state index contributed by atoms with van der Waals surface area (Å²) in [5, 5.41) is 2.56. The molecule has 304 valence electrons. The predicted octanol–water partition coefficient (Wildman–Crippen LogP) is 16.7. The van der Waals surface area contributed by atoms with Crippen LogP contribution in [0.15, 0.2) is 246 Å². The van der Waals surface area contributed by atoms with E-state index in [4.69, 9.17) is 0 Å². The number of fused-ring (bicyclic) bond motifs is 15. The molecule has 2 heterocycles. The first-order chi connectivity index (χ1) is 32.2. The average Bonchev–Trinajstić information content (AvgIpc) is 4.01. The molecule has 1 spiro atoms. The number of nitrogens with zero attached hydrogens (tertiary/aromatic N) is 1. The Hall–Kier alpha value is -7.43. The van der Waals surface area contributed by atoms with Gasteiger partial charge < -0.3 is 4.90 Å². The van der Waals surface area contributed by atoms with Crippen molar-refractivity contribution < 1.29 is 0 Å². The summed E-state index contributed by atoms with van der Waals surface area (Å²) in [7, 11) is 0. The Kier molecular flexibility index (Phi) is 7.99. The molecule has 0 unspecified atom stereocenters. The Labute approximate surface area is 386 Å². The third kappa shape index (κ3) is 5.00. The molecule has 11 aromatic rings. The van der Waals surface area contributed by atoms with Crippen LogP contribution in [0.2, 0.25) is 0 Å². The van der Waals surface area contributed by atoms with Crippen molar-refractivity contribution in [3.8, 4) is 22.3 Å². The lowest BCUT2D eigenvalue weighted by molar-refractivity contribution is 0.722. The van der Waals surface area contributed by atoms with Gasteiger partial charge in [0.2, 0.25) is 0 Å². The molecule has 3 heteroatoms. The van der Waals surface area contributed by atoms with Gasteiger partial charge in [0.05, 0.1) is 16.5 Å². The standard InChI is InChI=1S/C62H39NS2/c1-3-18-40(19-4-1)61(41-20-5-2-6-21-41)49-26-11-9-24-46(49)48-38-42(34-36-52(48)61)63(55-30-17-33-59-60(55)47-25-10-15-31-56(47)64-59)43-35-37-58-54(39-43)62(53-29-14-16-32-57(53)65-58)50-27-12-7-22-44(50)45-23-8-13-28-51(45)62/h1-39H. The molecule has 1 nitrogen and oxygen atoms in total. The molecule has 14 rings (SSSR count). The largest absolute Gasteiger partial charge is 0.310 e. The second-order valence-electron chi connectivity index (χ2n) is 17.5. The van der Waals surface area contributed by atoms with Crippen LogP contribution >= 0.6 is 23.1 Å². The van der Waals surface area contributed by atoms with E-state index < -0.39 is 10.8 Å². The summed E-state index contributed by atoms with van der Waals surface area (Å²) in [6.07, 6.45) is 0. The molecule has 0 fully saturated rings. The monoisotopic (exact) mass is 861 g/mol. The molecule has 0 bridgehead atoms. The van der Waals surface area contributed by atoms with Gasteiger partial charge in [0.25, 0.3) is 0 Å². The van der Waals surface area contributed by atoms with E-state index in [-0.39, 0.29) is 0 Å². The summed E-state index contributed by atoms with van der Waals surface area (Å²) < 4.78 is 2.58. The molecule has 0 N–H and O–H groups in total. The van der Waals surface area contributed by atoms with Crippen molar-refractivity contribution in [1.29, 1.82) is 0 Å². The molecule has 1 aliphatic heterocycles. The van der Waals surface area contributed by atoms with Crippen molar-refractivity contribution in [3.05, 3.63) is 281 Å². The van der Waals surface area contributed by atoms with Crippen molar-refractivity contribution in [3.63, 3.8) is 0 Å². The minimum Gasteiger partial charge on any atom is -0.310 e. The van der Waals surface area contributed by atoms with Gasteiger partial charge in [-0.15, -0.1) is 11.3 Å². The van der Waals surface area contributed by atoms with Gasteiger partial charge in [0, 0.05) is 41.3 Å². The molecular weight excluding hydrogens is 823 g/mol. The van der Waals surface area contributed by atoms with Gasteiger partial charge in [-0.05, 0) is 121 Å². The minimum atomic E-state index is -0.491. The fourth-order valence-corrected chi connectivity index (χ4v) is 14.2. The van der Waals surface area contributed by atoms with Crippen LogP contribution in [-0.4, -0.2) is 0 Å². The maximum Gasteiger partial charge on any atom is 0.0736 e. The first-order valence-electron chi connectivity index (χ1n) is 22.4. The van der Waals surface area contributed by atoms with E-state index in [2.05, 4.69) is 241 Å². The van der Waals surface area contributed by atoms with Crippen molar-refractivity contribution in [2.75, 3.05) is 4.90 Å². The molecule has 0 amide bonds. The van der Waals surface area contributed by atoms with Crippen molar-refractivity contribution >= 4 is 60.3 Å². The maximum absolute atomic E-state index is 2.56. The Balaban J connectivity index is 1.07. The van der Waals surface area contributed by atoms with Gasteiger partial charge in [-0.2, -0.15) is 0 Å². The minimum absolute atomic E-state index is 0.479. The second-order valence-corrected chi connectivity index (χ2v) is 19.6. The summed E-state index contributed by atoms with van der Waals surface area (Å²) in [6, 6.07) is 89.0. The van der Waals surface area contributed by atoms with Crippen LogP contribution in [0.5, 0.6) is 0 Å². The van der Waals surface area contributed by atoms with Gasteiger partial charge in [-0.25, -0.2) is 0 Å². The number of hydrogen-bond acceptors (Lipinski definition) is 3. The summed E-state index contributed by atoms with van der Waals surface area (Å²) >= 11 is 3.77. The van der Waals surface area contributed by atoms with E-state index in [1.807, 2.05) is 23.1 Å². The topological polar surface area (TPSA) is 3.24 Å². The lowest BCUT2D eigenvalue weighted by Crippen LogP contribution is -2.32. The van der Waals surface area contributed by atoms with Crippen molar-refractivity contribution in [2.45, 2.75) is 20.6 Å². The molecular formula is C62H39NS2. The Morgan fingerprint density at radius 2 is 0.831 bits per heavy atom. The van der Waals surface area contributed by atoms with Crippen LogP contribution in [0.25, 0.3) is 42.4 Å². The van der Waals surface area contributed by atoms with E-state index in [1.54, 1.807) is 0 Å². The number of benzene rings is 10. The van der Waals surface area contributed by atoms with Crippen LogP contribution in [0, 0.1) is 0 Å². The lowest BCUT2D eigenvalue weighted by atomic mass is 9.67. The zero-order chi connectivity index (χ0) is 42.7. The van der Waals surface area contributed by atoms with Crippen LogP contribution in [0.1, 0.15) is 44.5 Å². The van der Waals surface area contributed by atoms with Crippen molar-refractivity contribution in [2.24, 2.45) is 0 Å². The highest BCUT2D eigenvalue weighted by atomic mass is 32.2. The molecule has 65 heavy (non-hydrogen) atoms. The number of hydrogen-bond donors (Lipinski definition) is 0. The maximum atomic E-state index is 2.56. The first-order valence-corrected chi connectivity index (χ1v) is 24.0. The highest BCUT2D eigenvalue weighted by Crippen LogP contribution is 2.63. The number of anilines is 3. The Bertz CT molecular complexity index is 3630. The van der Waals surface area contributed by atoms with Gasteiger partial charge >= 0.3 is 0 Å². The number of rotatable bonds is 5. The van der Waals surface area contributed by atoms with Crippen molar-refractivity contribution in [1.82, 2.24) is 0 Å². The number of thiophene rings is 1. The Morgan fingerprint density at radius 3 is 1.54 bits per heavy atom. The SMILES string of the molecule is c1ccc(C2(c3ccccc3)c3ccccc3-c3cc(N(c4ccc5c(c4)C4(c6ccccc6S5)c5ccccc5-c5ccccc54)c4cccc5sc6ccccc6c45)ccc32)cc1. The van der Waals surface area contributed by atoms with E-state index in [1.165, 1.54) is 102 Å². The van der Waals surface area contributed by atoms with Crippen LogP contribution < -0.4 is 4.90 Å². The van der Waals surface area contributed by atoms with E-state index in [0.717, 1.165) is 11.4 Å². The summed E-state index contributed by atoms with van der Waals surface area (Å²) in [6.45, 7) is 0. The zero-order valence-corrected chi connectivity index (χ0v) is 36.9. The zero-order valence-electron chi connectivity index (χ0n) is 35.3. The summed E-state index contributed by atoms with van der Waals surface area (Å²) in [4.78, 5) is 5.15. The smallest absolute Gasteiger partial charge is 0.0736 e. The molecule has 1 aromatic heterocycles. The molecule has 0 saturated heterocycles. The summed E-state index contributed by atoms with van der Waals surface area (Å²) in [5.74, 6) is 0. The average molecular weight is 862 g/mol. The Morgan fingerprint density at radius 1 is 0.323 bits per heavy atom. The second kappa shape index (κ2) is 14.0. The predicted molar refractivity (Wildman–Crippen MR) is 273 cm³/mol. The third-order valence-electron chi connectivity index (χ3n) is 14.4. The van der Waals surface area contributed by atoms with Crippen LogP contribution in [0.3, 0.4) is 0 Å². The molecule has 10 aromatic carbocycles. The third-order valence-corrected chi connectivity index (χ3v) is 16.7.